The van der Waals surface area contributed by atoms with Gasteiger partial charge < -0.3 is 5.73 Å². The van der Waals surface area contributed by atoms with Crippen LogP contribution in [-0.4, -0.2) is 12.8 Å². The first-order valence-corrected chi connectivity index (χ1v) is 12.2. The number of aliphatic imine (C=N–C) groups is 1. The van der Waals surface area contributed by atoms with E-state index < -0.39 is 0 Å². The molecule has 2 rings (SSSR count). The van der Waals surface area contributed by atoms with Crippen LogP contribution in [0.15, 0.2) is 65.8 Å². The molecule has 182 valence electrons. The third-order valence-corrected chi connectivity index (χ3v) is 5.80. The highest BCUT2D eigenvalue weighted by Gasteiger charge is 2.36. The highest BCUT2D eigenvalue weighted by Crippen LogP contribution is 2.44. The molecule has 0 radical (unpaired) electrons. The highest BCUT2D eigenvalue weighted by atomic mass is 14.7. The van der Waals surface area contributed by atoms with Crippen molar-refractivity contribution in [1.29, 1.82) is 0 Å². The zero-order valence-electron chi connectivity index (χ0n) is 22.7. The van der Waals surface area contributed by atoms with Crippen LogP contribution in [0, 0.1) is 0 Å². The molecule has 1 saturated carbocycles. The molecule has 1 aliphatic carbocycles. The minimum atomic E-state index is 0.356. The van der Waals surface area contributed by atoms with E-state index in [2.05, 4.69) is 104 Å². The monoisotopic (exact) mass is 440 g/mol. The van der Waals surface area contributed by atoms with Crippen molar-refractivity contribution in [2.45, 2.75) is 105 Å². The predicted octanol–water partition coefficient (Wildman–Crippen LogP) is 9.14. The van der Waals surface area contributed by atoms with Gasteiger partial charge in [0.25, 0.3) is 0 Å². The molecule has 1 aromatic rings. The summed E-state index contributed by atoms with van der Waals surface area (Å²) in [6.07, 6.45) is 10.9. The predicted molar refractivity (Wildman–Crippen MR) is 149 cm³/mol. The number of allylic oxidation sites excluding steroid dienone is 3. The van der Waals surface area contributed by atoms with Gasteiger partial charge in [-0.15, -0.1) is 0 Å². The molecule has 2 nitrogen and oxygen atoms in total. The Balaban J connectivity index is 0. The zero-order chi connectivity index (χ0) is 25.2. The summed E-state index contributed by atoms with van der Waals surface area (Å²) in [7, 11) is 1.92. The van der Waals surface area contributed by atoms with E-state index in [0.29, 0.717) is 11.3 Å². The molecule has 0 saturated heterocycles. The fourth-order valence-electron chi connectivity index (χ4n) is 3.62. The Hall–Kier alpha value is -2.09. The molecule has 0 unspecified atom stereocenters. The van der Waals surface area contributed by atoms with Crippen LogP contribution in [0.4, 0.5) is 0 Å². The molecule has 32 heavy (non-hydrogen) atoms. The Bertz CT molecular complexity index is 697. The summed E-state index contributed by atoms with van der Waals surface area (Å²) < 4.78 is 0. The van der Waals surface area contributed by atoms with Gasteiger partial charge in [-0.25, -0.2) is 0 Å². The van der Waals surface area contributed by atoms with Gasteiger partial charge in [0.2, 0.25) is 0 Å². The van der Waals surface area contributed by atoms with Gasteiger partial charge in [0.05, 0.1) is 0 Å². The maximum Gasteiger partial charge on any atom is 0.0276 e. The molecule has 0 heterocycles. The number of rotatable bonds is 5. The van der Waals surface area contributed by atoms with Crippen LogP contribution in [0.25, 0.3) is 0 Å². The largest absolute Gasteiger partial charge is 0.405 e. The molecule has 2 N–H and O–H groups in total. The summed E-state index contributed by atoms with van der Waals surface area (Å²) in [5.41, 5.74) is 11.9. The summed E-state index contributed by atoms with van der Waals surface area (Å²) in [4.78, 5) is 4.40. The van der Waals surface area contributed by atoms with E-state index in [-0.39, 0.29) is 0 Å². The van der Waals surface area contributed by atoms with Gasteiger partial charge in [0.15, 0.2) is 0 Å². The zero-order valence-corrected chi connectivity index (χ0v) is 22.7. The Morgan fingerprint density at radius 3 is 1.94 bits per heavy atom. The van der Waals surface area contributed by atoms with Crippen molar-refractivity contribution in [2.24, 2.45) is 10.7 Å². The van der Waals surface area contributed by atoms with Crippen molar-refractivity contribution in [3.8, 4) is 0 Å². The second kappa shape index (κ2) is 18.5. The number of hydrogen-bond acceptors (Lipinski definition) is 2. The van der Waals surface area contributed by atoms with Gasteiger partial charge in [-0.1, -0.05) is 102 Å². The number of hydrogen-bond donors (Lipinski definition) is 1. The molecule has 0 atom stereocenters. The Morgan fingerprint density at radius 2 is 1.59 bits per heavy atom. The van der Waals surface area contributed by atoms with E-state index in [9.17, 15) is 0 Å². The van der Waals surface area contributed by atoms with E-state index in [0.717, 1.165) is 6.42 Å². The fraction of sp³-hybridized carbons (Fsp3) is 0.567. The average Bonchev–Trinajstić information content (AvgIpc) is 3.24. The van der Waals surface area contributed by atoms with Crippen LogP contribution < -0.4 is 5.73 Å². The fourth-order valence-corrected chi connectivity index (χ4v) is 3.62. The second-order valence-corrected chi connectivity index (χ2v) is 9.23. The summed E-state index contributed by atoms with van der Waals surface area (Å²) >= 11 is 0. The van der Waals surface area contributed by atoms with Crippen molar-refractivity contribution in [1.82, 2.24) is 0 Å². The first-order valence-electron chi connectivity index (χ1n) is 12.2. The maximum atomic E-state index is 4.61. The summed E-state index contributed by atoms with van der Waals surface area (Å²) in [5, 5.41) is 0. The third kappa shape index (κ3) is 12.7. The lowest BCUT2D eigenvalue weighted by atomic mass is 9.74. The molecule has 0 amide bonds. The number of nitrogens with zero attached hydrogens (tertiary/aromatic N) is 1. The van der Waals surface area contributed by atoms with Crippen molar-refractivity contribution in [2.75, 3.05) is 7.05 Å². The van der Waals surface area contributed by atoms with Gasteiger partial charge in [0.1, 0.15) is 0 Å². The van der Waals surface area contributed by atoms with Crippen molar-refractivity contribution in [3.63, 3.8) is 0 Å². The lowest BCUT2D eigenvalue weighted by molar-refractivity contribution is 0.457. The maximum absolute atomic E-state index is 4.61. The number of benzene rings is 1. The molecule has 1 fully saturated rings. The van der Waals surface area contributed by atoms with Gasteiger partial charge in [-0.2, -0.15) is 0 Å². The minimum Gasteiger partial charge on any atom is -0.405 e. The minimum absolute atomic E-state index is 0.356. The standard InChI is InChI=1S/C18H27N.C7H12.C3H8.C2H5N/c1-14(2)16-8-7-9-17(12-16)18(10-5-6-11-18)13-15(3)19-4;1-5-7(4)6(2)3;1-3-2;1-2-3/h7-9,12,14H,5-6,10-11,13H2,1-4H3;5H,1H2,2-4H3;3H2,1-2H3;2H,1,3H2. The van der Waals surface area contributed by atoms with E-state index in [1.54, 1.807) is 5.56 Å². The normalized spacial score (nSPS) is 14.0. The van der Waals surface area contributed by atoms with Gasteiger partial charge >= 0.3 is 0 Å². The molecule has 0 bridgehead atoms. The van der Waals surface area contributed by atoms with Crippen LogP contribution in [0.2, 0.25) is 0 Å². The van der Waals surface area contributed by atoms with E-state index in [1.165, 1.54) is 60.7 Å². The molecule has 0 aromatic heterocycles. The Kier molecular flexibility index (Phi) is 18.5. The summed E-state index contributed by atoms with van der Waals surface area (Å²) in [6.45, 7) is 24.0. The van der Waals surface area contributed by atoms with Gasteiger partial charge in [-0.3, -0.25) is 4.99 Å². The molecular weight excluding hydrogens is 388 g/mol. The van der Waals surface area contributed by atoms with Crippen LogP contribution in [0.5, 0.6) is 0 Å². The molecule has 2 heteroatoms. The van der Waals surface area contributed by atoms with E-state index in [1.807, 2.05) is 13.1 Å². The number of nitrogens with two attached hydrogens (primary N) is 1. The van der Waals surface area contributed by atoms with Gasteiger partial charge in [-0.05, 0) is 70.2 Å². The first-order chi connectivity index (χ1) is 15.1. The lowest BCUT2D eigenvalue weighted by Crippen LogP contribution is -2.25. The Morgan fingerprint density at radius 1 is 1.09 bits per heavy atom. The smallest absolute Gasteiger partial charge is 0.0276 e. The molecule has 1 aliphatic rings. The summed E-state index contributed by atoms with van der Waals surface area (Å²) in [5.74, 6) is 0.611. The SMILES string of the molecule is C=CC(C)=C(C)C.C=CN.CCC.CN=C(C)CC1(c2cccc(C(C)C)c2)CCCC1. The van der Waals surface area contributed by atoms with Crippen LogP contribution in [-0.2, 0) is 5.41 Å². The van der Waals surface area contributed by atoms with Crippen LogP contribution >= 0.6 is 0 Å². The quantitative estimate of drug-likeness (QED) is 0.359. The van der Waals surface area contributed by atoms with Gasteiger partial charge in [0, 0.05) is 18.2 Å². The van der Waals surface area contributed by atoms with E-state index in [4.69, 9.17) is 0 Å². The highest BCUT2D eigenvalue weighted by molar-refractivity contribution is 5.83. The van der Waals surface area contributed by atoms with Crippen molar-refractivity contribution < 1.29 is 0 Å². The Labute approximate surface area is 200 Å². The lowest BCUT2D eigenvalue weighted by Gasteiger charge is -2.30. The second-order valence-electron chi connectivity index (χ2n) is 9.23. The molecule has 1 aromatic carbocycles. The molecule has 0 spiro atoms. The van der Waals surface area contributed by atoms with E-state index >= 15 is 0 Å². The topological polar surface area (TPSA) is 38.4 Å². The third-order valence-electron chi connectivity index (χ3n) is 5.80. The van der Waals surface area contributed by atoms with Crippen molar-refractivity contribution in [3.05, 3.63) is 72.0 Å². The first kappa shape index (κ1) is 32.1. The summed E-state index contributed by atoms with van der Waals surface area (Å²) in [6, 6.07) is 9.28. The van der Waals surface area contributed by atoms with Crippen LogP contribution in [0.3, 0.4) is 0 Å². The average molecular weight is 441 g/mol. The van der Waals surface area contributed by atoms with Crippen molar-refractivity contribution >= 4 is 5.71 Å². The van der Waals surface area contributed by atoms with Crippen LogP contribution in [0.1, 0.15) is 111 Å². The molecule has 0 aliphatic heterocycles. The molecular formula is C30H52N2.